The van der Waals surface area contributed by atoms with Crippen LogP contribution in [0.1, 0.15) is 47.8 Å². The Bertz CT molecular complexity index is 1460. The number of hydrogen-bond acceptors (Lipinski definition) is 8. The number of hydrogen-bond donors (Lipinski definition) is 2. The number of aromatic nitrogens is 4. The molecule has 5 rings (SSSR count). The average Bonchev–Trinajstić information content (AvgIpc) is 3.07. The van der Waals surface area contributed by atoms with Crippen LogP contribution in [0.3, 0.4) is 0 Å². The van der Waals surface area contributed by atoms with Gasteiger partial charge in [0.15, 0.2) is 17.5 Å². The molecular formula is C25H28F2N6O2. The second kappa shape index (κ2) is 8.37. The number of phenols is 1. The van der Waals surface area contributed by atoms with Crippen molar-refractivity contribution < 1.29 is 26.8 Å². The third-order valence-corrected chi connectivity index (χ3v) is 6.96. The molecule has 0 spiro atoms. The zero-order valence-electron chi connectivity index (χ0n) is 25.1. The van der Waals surface area contributed by atoms with Gasteiger partial charge in [-0.3, -0.25) is 0 Å². The molecule has 8 nitrogen and oxygen atoms in total. The molecule has 1 aromatic carbocycles. The molecule has 35 heavy (non-hydrogen) atoms. The molecule has 3 atom stereocenters. The molecule has 2 aliphatic rings. The number of benzene rings is 1. The van der Waals surface area contributed by atoms with E-state index in [0.717, 1.165) is 31.2 Å². The molecule has 4 heterocycles. The number of methoxy groups -OCH3 is 1. The van der Waals surface area contributed by atoms with E-state index in [0.29, 0.717) is 12.8 Å². The topological polar surface area (TPSA) is 96.3 Å². The minimum absolute atomic E-state index is 0.0499. The molecule has 184 valence electrons. The molecule has 2 N–H and O–H groups in total. The van der Waals surface area contributed by atoms with Crippen molar-refractivity contribution in [2.24, 2.45) is 0 Å². The summed E-state index contributed by atoms with van der Waals surface area (Å²) >= 11 is 0. The average molecular weight is 489 g/mol. The Morgan fingerprint density at radius 1 is 1.11 bits per heavy atom. The van der Waals surface area contributed by atoms with Crippen molar-refractivity contribution in [2.75, 3.05) is 18.9 Å². The van der Waals surface area contributed by atoms with Crippen LogP contribution in [0.2, 0.25) is 0 Å². The number of nitrogens with zero attached hydrogens (tertiary/aromatic N) is 5. The highest BCUT2D eigenvalue weighted by molar-refractivity contribution is 5.75. The summed E-state index contributed by atoms with van der Waals surface area (Å²) < 4.78 is 81.3. The first kappa shape index (κ1) is 17.1. The standard InChI is InChI=1S/C25H28F2N6O2/c1-24-7-8-25(2,32-24)12-15(11-24)33(3)19-6-5-17(29-30-19)21-18(34)10-16(22(26)23(21)27)14-9-20(35-4)31-28-13-14/h5-6,9-10,13,15,32,34H,7-8,11-12H2,1-4H3/t15?,24-,25+/i3D3,4D3. The Hall–Kier alpha value is -3.40. The number of phenolic OH excluding ortho intramolecular Hbond substituents is 1. The summed E-state index contributed by atoms with van der Waals surface area (Å²) in [6.45, 7) is 1.61. The van der Waals surface area contributed by atoms with E-state index in [2.05, 4.69) is 44.3 Å². The quantitative estimate of drug-likeness (QED) is 0.554. The Labute approximate surface area is 210 Å². The van der Waals surface area contributed by atoms with Crippen molar-refractivity contribution in [1.82, 2.24) is 25.7 Å². The van der Waals surface area contributed by atoms with Crippen LogP contribution in [0.4, 0.5) is 14.6 Å². The Morgan fingerprint density at radius 3 is 2.54 bits per heavy atom. The fourth-order valence-electron chi connectivity index (χ4n) is 5.39. The Kier molecular flexibility index (Phi) is 4.09. The lowest BCUT2D eigenvalue weighted by Gasteiger charge is -2.45. The number of aromatic hydroxyl groups is 1. The summed E-state index contributed by atoms with van der Waals surface area (Å²) in [4.78, 5) is 1.25. The smallest absolute Gasteiger partial charge is 0.233 e. The van der Waals surface area contributed by atoms with Crippen LogP contribution >= 0.6 is 0 Å². The van der Waals surface area contributed by atoms with E-state index in [1.54, 1.807) is 0 Å². The molecule has 2 aromatic heterocycles. The molecule has 2 fully saturated rings. The number of halogens is 2. The Morgan fingerprint density at radius 2 is 1.89 bits per heavy atom. The maximum Gasteiger partial charge on any atom is 0.233 e. The fourth-order valence-corrected chi connectivity index (χ4v) is 5.39. The van der Waals surface area contributed by atoms with Crippen LogP contribution in [0.25, 0.3) is 22.4 Å². The second-order valence-corrected chi connectivity index (χ2v) is 9.79. The maximum absolute atomic E-state index is 15.3. The number of nitrogens with one attached hydrogen (secondary N) is 1. The van der Waals surface area contributed by atoms with E-state index in [9.17, 15) is 5.11 Å². The van der Waals surface area contributed by atoms with Crippen LogP contribution in [0.5, 0.6) is 11.6 Å². The molecule has 2 bridgehead atoms. The zero-order chi connectivity index (χ0) is 30.0. The molecule has 1 unspecified atom stereocenters. The van der Waals surface area contributed by atoms with Crippen molar-refractivity contribution in [3.63, 3.8) is 0 Å². The summed E-state index contributed by atoms with van der Waals surface area (Å²) in [6.07, 6.45) is 4.05. The van der Waals surface area contributed by atoms with Gasteiger partial charge in [0.05, 0.1) is 28.6 Å². The van der Waals surface area contributed by atoms with Crippen LogP contribution < -0.4 is 15.0 Å². The molecule has 2 aliphatic heterocycles. The highest BCUT2D eigenvalue weighted by atomic mass is 19.2. The van der Waals surface area contributed by atoms with Gasteiger partial charge in [0.2, 0.25) is 5.88 Å². The van der Waals surface area contributed by atoms with Crippen LogP contribution in [0.15, 0.2) is 30.5 Å². The highest BCUT2D eigenvalue weighted by Gasteiger charge is 2.49. The van der Waals surface area contributed by atoms with E-state index in [4.69, 9.17) is 8.22 Å². The van der Waals surface area contributed by atoms with E-state index < -0.39 is 48.4 Å². The number of fused-ring (bicyclic) bond motifs is 2. The summed E-state index contributed by atoms with van der Waals surface area (Å²) in [5.41, 5.74) is -1.74. The SMILES string of the molecule is [2H]C([2H])([2H])Oc1cc(-c2cc(O)c(-c3ccc(N(C4C[C@]5(C)CC[C@](C)(C4)N5)C([2H])([2H])[2H])nn3)c(F)c2F)cnn1. The maximum atomic E-state index is 15.3. The van der Waals surface area contributed by atoms with E-state index in [1.165, 1.54) is 17.0 Å². The van der Waals surface area contributed by atoms with E-state index >= 15 is 8.78 Å². The van der Waals surface area contributed by atoms with Crippen LogP contribution in [0, 0.1) is 11.6 Å². The minimum Gasteiger partial charge on any atom is -0.507 e. The molecular weight excluding hydrogens is 454 g/mol. The minimum atomic E-state index is -2.84. The van der Waals surface area contributed by atoms with Gasteiger partial charge < -0.3 is 20.1 Å². The molecule has 0 amide bonds. The Balaban J connectivity index is 1.47. The van der Waals surface area contributed by atoms with Crippen molar-refractivity contribution in [2.45, 2.75) is 56.7 Å². The first-order valence-corrected chi connectivity index (χ1v) is 11.1. The fraction of sp³-hybridized carbons (Fsp3) is 0.440. The highest BCUT2D eigenvalue weighted by Crippen LogP contribution is 2.44. The predicted molar refractivity (Wildman–Crippen MR) is 127 cm³/mol. The van der Waals surface area contributed by atoms with Gasteiger partial charge in [-0.2, -0.15) is 5.10 Å². The van der Waals surface area contributed by atoms with Gasteiger partial charge in [-0.05, 0) is 57.7 Å². The van der Waals surface area contributed by atoms with Gasteiger partial charge >= 0.3 is 0 Å². The van der Waals surface area contributed by atoms with Crippen LogP contribution in [-0.4, -0.2) is 56.6 Å². The molecule has 0 radical (unpaired) electrons. The number of anilines is 1. The lowest BCUT2D eigenvalue weighted by Crippen LogP contribution is -2.58. The summed E-state index contributed by atoms with van der Waals surface area (Å²) in [5.74, 6) is -3.89. The summed E-state index contributed by atoms with van der Waals surface area (Å²) in [6, 6.07) is 4.24. The second-order valence-electron chi connectivity index (χ2n) is 9.79. The van der Waals surface area contributed by atoms with Crippen molar-refractivity contribution in [3.05, 3.63) is 42.1 Å². The van der Waals surface area contributed by atoms with Gasteiger partial charge in [-0.15, -0.1) is 15.3 Å². The number of piperidine rings is 1. The zero-order valence-corrected chi connectivity index (χ0v) is 19.1. The molecule has 2 saturated heterocycles. The number of rotatable bonds is 5. The van der Waals surface area contributed by atoms with Crippen molar-refractivity contribution in [1.29, 1.82) is 0 Å². The van der Waals surface area contributed by atoms with Gasteiger partial charge in [0.25, 0.3) is 0 Å². The van der Waals surface area contributed by atoms with Gasteiger partial charge in [0.1, 0.15) is 5.75 Å². The van der Waals surface area contributed by atoms with Gasteiger partial charge in [-0.1, -0.05) is 0 Å². The van der Waals surface area contributed by atoms with Crippen LogP contribution in [-0.2, 0) is 0 Å². The largest absolute Gasteiger partial charge is 0.507 e. The van der Waals surface area contributed by atoms with Crippen molar-refractivity contribution in [3.8, 4) is 34.0 Å². The predicted octanol–water partition coefficient (Wildman–Crippen LogP) is 4.09. The van der Waals surface area contributed by atoms with Gasteiger partial charge in [0, 0.05) is 45.4 Å². The molecule has 0 saturated carbocycles. The molecule has 3 aromatic rings. The first-order valence-electron chi connectivity index (χ1n) is 14.1. The summed E-state index contributed by atoms with van der Waals surface area (Å²) in [7, 11) is -2.84. The lowest BCUT2D eigenvalue weighted by molar-refractivity contribution is 0.207. The third-order valence-electron chi connectivity index (χ3n) is 6.96. The first-order chi connectivity index (χ1) is 19.0. The van der Waals surface area contributed by atoms with Gasteiger partial charge in [-0.25, -0.2) is 8.78 Å². The molecule has 0 aliphatic carbocycles. The van der Waals surface area contributed by atoms with E-state index in [1.807, 2.05) is 0 Å². The normalized spacial score (nSPS) is 28.7. The third kappa shape index (κ3) is 4.16. The molecule has 10 heteroatoms. The van der Waals surface area contributed by atoms with E-state index in [-0.39, 0.29) is 34.2 Å². The summed E-state index contributed by atoms with van der Waals surface area (Å²) in [5, 5.41) is 29.4. The lowest BCUT2D eigenvalue weighted by atomic mass is 9.84. The van der Waals surface area contributed by atoms with Crippen molar-refractivity contribution >= 4 is 5.82 Å². The monoisotopic (exact) mass is 488 g/mol. The number of ether oxygens (including phenoxy) is 1.